The molecule has 27 heavy (non-hydrogen) atoms. The second-order valence-electron chi connectivity index (χ2n) is 5.79. The third-order valence-electron chi connectivity index (χ3n) is 4.14. The van der Waals surface area contributed by atoms with Gasteiger partial charge in [-0.15, -0.1) is 11.3 Å². The molecule has 7 heteroatoms. The number of hydrogen-bond donors (Lipinski definition) is 1. The van der Waals surface area contributed by atoms with Gasteiger partial charge in [0.1, 0.15) is 28.5 Å². The topological polar surface area (TPSA) is 56.3 Å². The predicted octanol–water partition coefficient (Wildman–Crippen LogP) is 5.77. The number of halogens is 1. The Morgan fingerprint density at radius 2 is 1.67 bits per heavy atom. The molecule has 4 rings (SSSR count). The molecule has 0 spiro atoms. The Labute approximate surface area is 165 Å². The van der Waals surface area contributed by atoms with Gasteiger partial charge in [0.05, 0.1) is 19.6 Å². The number of aromatic nitrogens is 2. The van der Waals surface area contributed by atoms with Gasteiger partial charge < -0.3 is 14.8 Å². The fourth-order valence-corrected chi connectivity index (χ4v) is 3.87. The smallest absolute Gasteiger partial charge is 0.143 e. The number of fused-ring (bicyclic) bond motifs is 1. The molecule has 0 saturated carbocycles. The number of thiophene rings is 1. The minimum atomic E-state index is 0.699. The molecule has 5 nitrogen and oxygen atoms in total. The summed E-state index contributed by atoms with van der Waals surface area (Å²) < 4.78 is 10.7. The summed E-state index contributed by atoms with van der Waals surface area (Å²) in [6.45, 7) is 0. The summed E-state index contributed by atoms with van der Waals surface area (Å²) in [7, 11) is 3.25. The fraction of sp³-hybridized carbons (Fsp3) is 0.100. The number of benzene rings is 2. The summed E-state index contributed by atoms with van der Waals surface area (Å²) in [6.07, 6.45) is 1.56. The highest BCUT2D eigenvalue weighted by Crippen LogP contribution is 2.38. The lowest BCUT2D eigenvalue weighted by Crippen LogP contribution is -1.97. The fourth-order valence-electron chi connectivity index (χ4n) is 2.83. The molecule has 0 fully saturated rings. The van der Waals surface area contributed by atoms with E-state index in [2.05, 4.69) is 20.7 Å². The molecule has 0 unspecified atom stereocenters. The van der Waals surface area contributed by atoms with Crippen LogP contribution in [-0.2, 0) is 0 Å². The van der Waals surface area contributed by atoms with E-state index in [1.165, 1.54) is 0 Å². The minimum Gasteiger partial charge on any atom is -0.497 e. The molecule has 1 N–H and O–H groups in total. The highest BCUT2D eigenvalue weighted by Gasteiger charge is 2.14. The molecule has 0 radical (unpaired) electrons. The standard InChI is InChI=1S/C20H16ClN3O2S/c1-25-15-7-14(8-16(9-15)26-2)24-19-18-17(10-27-20(18)23-11-22-19)12-3-5-13(21)6-4-12/h3-11H,1-2H3,(H,22,23,24). The Morgan fingerprint density at radius 3 is 2.33 bits per heavy atom. The van der Waals surface area contributed by atoms with Crippen LogP contribution in [0.2, 0.25) is 5.02 Å². The van der Waals surface area contributed by atoms with E-state index < -0.39 is 0 Å². The van der Waals surface area contributed by atoms with E-state index >= 15 is 0 Å². The summed E-state index contributed by atoms with van der Waals surface area (Å²) in [5.41, 5.74) is 2.94. The molecule has 0 aliphatic carbocycles. The van der Waals surface area contributed by atoms with Crippen LogP contribution in [0.25, 0.3) is 21.3 Å². The first-order chi connectivity index (χ1) is 13.2. The molecular formula is C20H16ClN3O2S. The Hall–Kier alpha value is -2.83. The summed E-state index contributed by atoms with van der Waals surface area (Å²) in [6, 6.07) is 13.4. The average molecular weight is 398 g/mol. The van der Waals surface area contributed by atoms with Crippen molar-refractivity contribution >= 4 is 44.7 Å². The maximum Gasteiger partial charge on any atom is 0.143 e. The van der Waals surface area contributed by atoms with Gasteiger partial charge in [0.25, 0.3) is 0 Å². The van der Waals surface area contributed by atoms with Gasteiger partial charge in [-0.1, -0.05) is 23.7 Å². The van der Waals surface area contributed by atoms with Crippen LogP contribution < -0.4 is 14.8 Å². The van der Waals surface area contributed by atoms with Crippen LogP contribution in [0.3, 0.4) is 0 Å². The van der Waals surface area contributed by atoms with Crippen molar-refractivity contribution in [2.75, 3.05) is 19.5 Å². The summed E-state index contributed by atoms with van der Waals surface area (Å²) in [5.74, 6) is 2.12. The summed E-state index contributed by atoms with van der Waals surface area (Å²) in [4.78, 5) is 9.78. The van der Waals surface area contributed by atoms with Gasteiger partial charge in [0, 0.05) is 39.9 Å². The molecule has 0 aliphatic heterocycles. The first-order valence-electron chi connectivity index (χ1n) is 8.16. The van der Waals surface area contributed by atoms with Crippen LogP contribution >= 0.6 is 22.9 Å². The zero-order chi connectivity index (χ0) is 18.8. The van der Waals surface area contributed by atoms with E-state index in [0.717, 1.165) is 32.8 Å². The van der Waals surface area contributed by atoms with Crippen LogP contribution in [0.1, 0.15) is 0 Å². The molecule has 0 atom stereocenters. The number of nitrogens with one attached hydrogen (secondary N) is 1. The highest BCUT2D eigenvalue weighted by atomic mass is 35.5. The zero-order valence-electron chi connectivity index (χ0n) is 14.7. The number of methoxy groups -OCH3 is 2. The third kappa shape index (κ3) is 3.54. The van der Waals surface area contributed by atoms with Gasteiger partial charge in [0.15, 0.2) is 0 Å². The van der Waals surface area contributed by atoms with Crippen molar-refractivity contribution in [3.63, 3.8) is 0 Å². The second-order valence-corrected chi connectivity index (χ2v) is 7.08. The molecule has 0 saturated heterocycles. The molecule has 0 bridgehead atoms. The molecular weight excluding hydrogens is 382 g/mol. The number of anilines is 2. The SMILES string of the molecule is COc1cc(Nc2ncnc3scc(-c4ccc(Cl)cc4)c23)cc(OC)c1. The maximum atomic E-state index is 6.03. The van der Waals surface area contributed by atoms with Gasteiger partial charge in [-0.05, 0) is 17.7 Å². The minimum absolute atomic E-state index is 0.699. The molecule has 2 aromatic heterocycles. The van der Waals surface area contributed by atoms with Crippen molar-refractivity contribution in [1.82, 2.24) is 9.97 Å². The van der Waals surface area contributed by atoms with Crippen LogP contribution in [0.5, 0.6) is 11.5 Å². The molecule has 2 aromatic carbocycles. The van der Waals surface area contributed by atoms with E-state index in [9.17, 15) is 0 Å². The molecule has 2 heterocycles. The predicted molar refractivity (Wildman–Crippen MR) is 111 cm³/mol. The van der Waals surface area contributed by atoms with Crippen LogP contribution in [-0.4, -0.2) is 24.2 Å². The van der Waals surface area contributed by atoms with Crippen molar-refractivity contribution in [3.05, 3.63) is 59.2 Å². The number of ether oxygens (including phenoxy) is 2. The van der Waals surface area contributed by atoms with E-state index in [0.29, 0.717) is 16.5 Å². The van der Waals surface area contributed by atoms with Crippen molar-refractivity contribution < 1.29 is 9.47 Å². The summed E-state index contributed by atoms with van der Waals surface area (Å²) in [5, 5.41) is 7.13. The van der Waals surface area contributed by atoms with Gasteiger partial charge in [0.2, 0.25) is 0 Å². The van der Waals surface area contributed by atoms with Crippen molar-refractivity contribution in [3.8, 4) is 22.6 Å². The Kier molecular flexibility index (Phi) is 4.83. The largest absolute Gasteiger partial charge is 0.497 e. The van der Waals surface area contributed by atoms with Gasteiger partial charge in [-0.2, -0.15) is 0 Å². The van der Waals surface area contributed by atoms with Crippen molar-refractivity contribution in [1.29, 1.82) is 0 Å². The normalized spacial score (nSPS) is 10.8. The Bertz CT molecular complexity index is 1070. The van der Waals surface area contributed by atoms with Gasteiger partial charge in [-0.3, -0.25) is 0 Å². The van der Waals surface area contributed by atoms with Crippen LogP contribution in [0.15, 0.2) is 54.2 Å². The van der Waals surface area contributed by atoms with E-state index in [1.54, 1.807) is 31.9 Å². The average Bonchev–Trinajstić information content (AvgIpc) is 3.13. The van der Waals surface area contributed by atoms with Crippen LogP contribution in [0.4, 0.5) is 11.5 Å². The first-order valence-corrected chi connectivity index (χ1v) is 9.42. The molecule has 136 valence electrons. The number of nitrogens with zero attached hydrogens (tertiary/aromatic N) is 2. The van der Waals surface area contributed by atoms with E-state index in [1.807, 2.05) is 42.5 Å². The zero-order valence-corrected chi connectivity index (χ0v) is 16.3. The van der Waals surface area contributed by atoms with Gasteiger partial charge in [-0.25, -0.2) is 9.97 Å². The Balaban J connectivity index is 1.81. The van der Waals surface area contributed by atoms with E-state index in [4.69, 9.17) is 21.1 Å². The lowest BCUT2D eigenvalue weighted by atomic mass is 10.1. The first kappa shape index (κ1) is 17.6. The quantitative estimate of drug-likeness (QED) is 0.463. The third-order valence-corrected chi connectivity index (χ3v) is 5.28. The lowest BCUT2D eigenvalue weighted by Gasteiger charge is -2.11. The second kappa shape index (κ2) is 7.42. The monoisotopic (exact) mass is 397 g/mol. The maximum absolute atomic E-state index is 6.03. The molecule has 0 aliphatic rings. The van der Waals surface area contributed by atoms with Crippen molar-refractivity contribution in [2.45, 2.75) is 0 Å². The summed E-state index contributed by atoms with van der Waals surface area (Å²) >= 11 is 7.61. The van der Waals surface area contributed by atoms with Crippen molar-refractivity contribution in [2.24, 2.45) is 0 Å². The highest BCUT2D eigenvalue weighted by molar-refractivity contribution is 7.17. The molecule has 0 amide bonds. The lowest BCUT2D eigenvalue weighted by molar-refractivity contribution is 0.395. The van der Waals surface area contributed by atoms with E-state index in [-0.39, 0.29) is 0 Å². The van der Waals surface area contributed by atoms with Crippen LogP contribution in [0, 0.1) is 0 Å². The Morgan fingerprint density at radius 1 is 0.963 bits per heavy atom. The number of rotatable bonds is 5. The molecule has 4 aromatic rings. The number of hydrogen-bond acceptors (Lipinski definition) is 6. The van der Waals surface area contributed by atoms with Gasteiger partial charge >= 0.3 is 0 Å².